The van der Waals surface area contributed by atoms with Gasteiger partial charge in [0.05, 0.1) is 4.90 Å². The zero-order valence-corrected chi connectivity index (χ0v) is 15.3. The van der Waals surface area contributed by atoms with Crippen LogP contribution in [0.3, 0.4) is 0 Å². The van der Waals surface area contributed by atoms with Crippen molar-refractivity contribution in [3.8, 4) is 23.0 Å². The van der Waals surface area contributed by atoms with E-state index in [1.807, 2.05) is 31.2 Å². The van der Waals surface area contributed by atoms with E-state index in [2.05, 4.69) is 14.9 Å². The van der Waals surface area contributed by atoms with Gasteiger partial charge in [-0.25, -0.2) is 13.1 Å². The SMILES string of the molecule is Cc1cccc(-c2nnc(CCNS(=O)(=O)c3ccc4c(c3)OCO4)o2)c1. The van der Waals surface area contributed by atoms with Crippen molar-refractivity contribution >= 4 is 10.0 Å². The molecule has 140 valence electrons. The summed E-state index contributed by atoms with van der Waals surface area (Å²) in [5.74, 6) is 1.72. The van der Waals surface area contributed by atoms with E-state index in [0.717, 1.165) is 11.1 Å². The van der Waals surface area contributed by atoms with Gasteiger partial charge in [0.15, 0.2) is 11.5 Å². The standard InChI is InChI=1S/C18H17N3O5S/c1-12-3-2-4-13(9-12)18-21-20-17(26-18)7-8-19-27(22,23)14-5-6-15-16(10-14)25-11-24-15/h2-6,9-10,19H,7-8,11H2,1H3. The molecule has 2 aromatic carbocycles. The molecule has 0 saturated heterocycles. The van der Waals surface area contributed by atoms with Crippen molar-refractivity contribution < 1.29 is 22.3 Å². The summed E-state index contributed by atoms with van der Waals surface area (Å²) in [6.07, 6.45) is 0.280. The van der Waals surface area contributed by atoms with Gasteiger partial charge in [0.2, 0.25) is 28.6 Å². The first-order valence-electron chi connectivity index (χ1n) is 8.30. The third kappa shape index (κ3) is 3.79. The normalized spacial score (nSPS) is 13.1. The van der Waals surface area contributed by atoms with Crippen LogP contribution in [-0.2, 0) is 16.4 Å². The van der Waals surface area contributed by atoms with Crippen LogP contribution in [0.25, 0.3) is 11.5 Å². The maximum absolute atomic E-state index is 12.4. The number of aryl methyl sites for hydroxylation is 1. The van der Waals surface area contributed by atoms with Gasteiger partial charge in [0.25, 0.3) is 0 Å². The molecule has 3 aromatic rings. The molecule has 8 nitrogen and oxygen atoms in total. The van der Waals surface area contributed by atoms with Crippen molar-refractivity contribution in [2.24, 2.45) is 0 Å². The highest BCUT2D eigenvalue weighted by molar-refractivity contribution is 7.89. The van der Waals surface area contributed by atoms with E-state index in [4.69, 9.17) is 13.9 Å². The number of sulfonamides is 1. The van der Waals surface area contributed by atoms with E-state index < -0.39 is 10.0 Å². The Balaban J connectivity index is 1.39. The average Bonchev–Trinajstić information content (AvgIpc) is 3.30. The number of hydrogen-bond donors (Lipinski definition) is 1. The minimum absolute atomic E-state index is 0.0900. The number of benzene rings is 2. The van der Waals surface area contributed by atoms with E-state index >= 15 is 0 Å². The van der Waals surface area contributed by atoms with Crippen molar-refractivity contribution in [3.05, 3.63) is 53.9 Å². The Kier molecular flexibility index (Phi) is 4.54. The first kappa shape index (κ1) is 17.5. The summed E-state index contributed by atoms with van der Waals surface area (Å²) in [5, 5.41) is 7.99. The number of nitrogens with zero attached hydrogens (tertiary/aromatic N) is 2. The fourth-order valence-corrected chi connectivity index (χ4v) is 3.72. The molecule has 0 unspecified atom stereocenters. The van der Waals surface area contributed by atoms with Crippen molar-refractivity contribution in [1.82, 2.24) is 14.9 Å². The lowest BCUT2D eigenvalue weighted by Gasteiger charge is -2.06. The third-order valence-electron chi connectivity index (χ3n) is 4.02. The summed E-state index contributed by atoms with van der Waals surface area (Å²) in [5.41, 5.74) is 1.92. The fraction of sp³-hybridized carbons (Fsp3) is 0.222. The molecule has 0 fully saturated rings. The van der Waals surface area contributed by atoms with E-state index in [1.54, 1.807) is 6.07 Å². The van der Waals surface area contributed by atoms with Crippen molar-refractivity contribution in [3.63, 3.8) is 0 Å². The Morgan fingerprint density at radius 1 is 1.07 bits per heavy atom. The average molecular weight is 387 g/mol. The molecule has 0 saturated carbocycles. The molecular weight excluding hydrogens is 370 g/mol. The number of hydrogen-bond acceptors (Lipinski definition) is 7. The van der Waals surface area contributed by atoms with E-state index in [9.17, 15) is 8.42 Å². The molecule has 4 rings (SSSR count). The van der Waals surface area contributed by atoms with Crippen LogP contribution in [0.2, 0.25) is 0 Å². The Morgan fingerprint density at radius 2 is 1.93 bits per heavy atom. The topological polar surface area (TPSA) is 104 Å². The second kappa shape index (κ2) is 7.01. The number of rotatable bonds is 6. The first-order chi connectivity index (χ1) is 13.0. The fourth-order valence-electron chi connectivity index (χ4n) is 2.67. The molecule has 1 N–H and O–H groups in total. The molecule has 0 bridgehead atoms. The monoisotopic (exact) mass is 387 g/mol. The highest BCUT2D eigenvalue weighted by atomic mass is 32.2. The van der Waals surface area contributed by atoms with Crippen molar-refractivity contribution in [2.75, 3.05) is 13.3 Å². The lowest BCUT2D eigenvalue weighted by Crippen LogP contribution is -2.26. The molecule has 27 heavy (non-hydrogen) atoms. The van der Waals surface area contributed by atoms with Crippen LogP contribution in [0.15, 0.2) is 51.8 Å². The van der Waals surface area contributed by atoms with Crippen LogP contribution in [0.5, 0.6) is 11.5 Å². The highest BCUT2D eigenvalue weighted by Crippen LogP contribution is 2.33. The van der Waals surface area contributed by atoms with Crippen LogP contribution >= 0.6 is 0 Å². The zero-order valence-electron chi connectivity index (χ0n) is 14.5. The maximum atomic E-state index is 12.4. The maximum Gasteiger partial charge on any atom is 0.247 e. The summed E-state index contributed by atoms with van der Waals surface area (Å²) in [6.45, 7) is 2.20. The van der Waals surface area contributed by atoms with Crippen LogP contribution in [0.4, 0.5) is 0 Å². The van der Waals surface area contributed by atoms with Gasteiger partial charge in [-0.15, -0.1) is 10.2 Å². The smallest absolute Gasteiger partial charge is 0.247 e. The second-order valence-corrected chi connectivity index (χ2v) is 7.80. The minimum atomic E-state index is -3.68. The minimum Gasteiger partial charge on any atom is -0.454 e. The Bertz CT molecular complexity index is 1080. The van der Waals surface area contributed by atoms with Crippen LogP contribution in [0, 0.1) is 6.92 Å². The molecule has 0 aliphatic carbocycles. The summed E-state index contributed by atoms with van der Waals surface area (Å²) in [6, 6.07) is 12.2. The van der Waals surface area contributed by atoms with Gasteiger partial charge in [0.1, 0.15) is 0 Å². The molecule has 9 heteroatoms. The molecule has 0 atom stereocenters. The Labute approximate surface area is 156 Å². The van der Waals surface area contributed by atoms with Crippen LogP contribution in [-0.4, -0.2) is 32.0 Å². The Hall–Kier alpha value is -2.91. The molecule has 1 aliphatic rings. The summed E-state index contributed by atoms with van der Waals surface area (Å²) >= 11 is 0. The summed E-state index contributed by atoms with van der Waals surface area (Å²) < 4.78 is 43.4. The van der Waals surface area contributed by atoms with Crippen molar-refractivity contribution in [2.45, 2.75) is 18.2 Å². The molecule has 1 aromatic heterocycles. The van der Waals surface area contributed by atoms with Gasteiger partial charge in [-0.3, -0.25) is 0 Å². The predicted molar refractivity (Wildman–Crippen MR) is 95.9 cm³/mol. The zero-order chi connectivity index (χ0) is 18.9. The van der Waals surface area contributed by atoms with Gasteiger partial charge < -0.3 is 13.9 Å². The number of fused-ring (bicyclic) bond motifs is 1. The number of ether oxygens (including phenoxy) is 2. The van der Waals surface area contributed by atoms with Gasteiger partial charge >= 0.3 is 0 Å². The first-order valence-corrected chi connectivity index (χ1v) is 9.78. The van der Waals surface area contributed by atoms with E-state index in [-0.39, 0.29) is 24.7 Å². The molecule has 1 aliphatic heterocycles. The van der Waals surface area contributed by atoms with Gasteiger partial charge in [0, 0.05) is 24.6 Å². The predicted octanol–water partition coefficient (Wildman–Crippen LogP) is 2.29. The quantitative estimate of drug-likeness (QED) is 0.692. The molecular formula is C18H17N3O5S. The summed E-state index contributed by atoms with van der Waals surface area (Å²) in [7, 11) is -3.68. The van der Waals surface area contributed by atoms with Gasteiger partial charge in [-0.1, -0.05) is 17.7 Å². The largest absolute Gasteiger partial charge is 0.454 e. The van der Waals surface area contributed by atoms with Crippen molar-refractivity contribution in [1.29, 1.82) is 0 Å². The lowest BCUT2D eigenvalue weighted by molar-refractivity contribution is 0.174. The lowest BCUT2D eigenvalue weighted by atomic mass is 10.1. The van der Waals surface area contributed by atoms with E-state index in [0.29, 0.717) is 23.3 Å². The van der Waals surface area contributed by atoms with Gasteiger partial charge in [-0.2, -0.15) is 0 Å². The summed E-state index contributed by atoms with van der Waals surface area (Å²) in [4.78, 5) is 0.109. The molecule has 2 heterocycles. The number of nitrogens with one attached hydrogen (secondary N) is 1. The van der Waals surface area contributed by atoms with E-state index in [1.165, 1.54) is 12.1 Å². The molecule has 0 spiro atoms. The highest BCUT2D eigenvalue weighted by Gasteiger charge is 2.20. The van der Waals surface area contributed by atoms with Crippen LogP contribution in [0.1, 0.15) is 11.5 Å². The Morgan fingerprint density at radius 3 is 2.78 bits per heavy atom. The number of aromatic nitrogens is 2. The van der Waals surface area contributed by atoms with Gasteiger partial charge in [-0.05, 0) is 31.2 Å². The third-order valence-corrected chi connectivity index (χ3v) is 5.48. The molecule has 0 radical (unpaired) electrons. The molecule has 0 amide bonds. The second-order valence-electron chi connectivity index (χ2n) is 6.03. The van der Waals surface area contributed by atoms with Crippen LogP contribution < -0.4 is 14.2 Å².